The number of nitrogens with two attached hydrogens (primary N) is 1. The molecule has 0 aliphatic rings. The third kappa shape index (κ3) is 4.44. The molecule has 0 atom stereocenters. The Hall–Kier alpha value is -2.82. The minimum Gasteiger partial charge on any atom is -0.481 e. The molecule has 0 radical (unpaired) electrons. The molecule has 0 aliphatic carbocycles. The van der Waals surface area contributed by atoms with Crippen LogP contribution in [0, 0.1) is 11.6 Å². The highest BCUT2D eigenvalue weighted by Crippen LogP contribution is 2.32. The average Bonchev–Trinajstić information content (AvgIpc) is 2.64. The Morgan fingerprint density at radius 3 is 2.55 bits per heavy atom. The quantitative estimate of drug-likeness (QED) is 0.591. The molecular weight excluding hydrogens is 428 g/mol. The lowest BCUT2D eigenvalue weighted by Crippen LogP contribution is -2.17. The minimum atomic E-state index is -4.14. The maximum Gasteiger partial charge on any atom is 0.238 e. The molecule has 1 amide bonds. The van der Waals surface area contributed by atoms with E-state index in [9.17, 15) is 22.0 Å². The van der Waals surface area contributed by atoms with Crippen LogP contribution in [-0.4, -0.2) is 26.4 Å². The van der Waals surface area contributed by atoms with Gasteiger partial charge < -0.3 is 10.1 Å². The molecule has 0 saturated carbocycles. The first kappa shape index (κ1) is 20.9. The monoisotopic (exact) mass is 441 g/mol. The van der Waals surface area contributed by atoms with Crippen molar-refractivity contribution in [1.82, 2.24) is 4.98 Å². The van der Waals surface area contributed by atoms with Crippen LogP contribution in [0.2, 0.25) is 5.02 Å². The summed E-state index contributed by atoms with van der Waals surface area (Å²) in [6.07, 6.45) is 0.988. The van der Waals surface area contributed by atoms with Gasteiger partial charge in [-0.1, -0.05) is 11.6 Å². The lowest BCUT2D eigenvalue weighted by Gasteiger charge is -2.12. The SMILES string of the molecule is COc1nccc2c(S(N)(=O)=O)cc(NC(=O)Cc3cc(F)c(F)cc3Cl)cc12. The number of methoxy groups -OCH3 is 1. The number of aromatic nitrogens is 1. The number of nitrogens with one attached hydrogen (secondary N) is 1. The van der Waals surface area contributed by atoms with E-state index >= 15 is 0 Å². The molecule has 3 rings (SSSR count). The summed E-state index contributed by atoms with van der Waals surface area (Å²) < 4.78 is 55.7. The van der Waals surface area contributed by atoms with Crippen molar-refractivity contribution >= 4 is 44.0 Å². The first-order valence-corrected chi connectivity index (χ1v) is 9.95. The van der Waals surface area contributed by atoms with E-state index in [0.29, 0.717) is 5.39 Å². The molecule has 11 heteroatoms. The van der Waals surface area contributed by atoms with Crippen LogP contribution >= 0.6 is 11.6 Å². The Kier molecular flexibility index (Phi) is 5.69. The van der Waals surface area contributed by atoms with Gasteiger partial charge >= 0.3 is 0 Å². The van der Waals surface area contributed by atoms with Gasteiger partial charge in [0.2, 0.25) is 21.8 Å². The van der Waals surface area contributed by atoms with Crippen LogP contribution in [-0.2, 0) is 21.2 Å². The molecule has 2 aromatic carbocycles. The van der Waals surface area contributed by atoms with Crippen molar-refractivity contribution in [1.29, 1.82) is 0 Å². The Labute approximate surface area is 169 Å². The smallest absolute Gasteiger partial charge is 0.238 e. The topological polar surface area (TPSA) is 111 Å². The maximum atomic E-state index is 13.4. The Morgan fingerprint density at radius 1 is 1.21 bits per heavy atom. The highest BCUT2D eigenvalue weighted by Gasteiger charge is 2.18. The number of hydrogen-bond acceptors (Lipinski definition) is 5. The Balaban J connectivity index is 2.00. The fourth-order valence-electron chi connectivity index (χ4n) is 2.77. The highest BCUT2D eigenvalue weighted by atomic mass is 35.5. The zero-order valence-electron chi connectivity index (χ0n) is 14.9. The van der Waals surface area contributed by atoms with Crippen LogP contribution in [0.3, 0.4) is 0 Å². The van der Waals surface area contributed by atoms with E-state index in [1.807, 2.05) is 0 Å². The fraction of sp³-hybridized carbons (Fsp3) is 0.111. The second-order valence-corrected chi connectivity index (χ2v) is 7.95. The van der Waals surface area contributed by atoms with Gasteiger partial charge in [0.15, 0.2) is 11.6 Å². The molecule has 3 N–H and O–H groups in total. The van der Waals surface area contributed by atoms with Crippen molar-refractivity contribution in [2.45, 2.75) is 11.3 Å². The van der Waals surface area contributed by atoms with Crippen LogP contribution in [0.1, 0.15) is 5.56 Å². The molecule has 0 spiro atoms. The zero-order valence-corrected chi connectivity index (χ0v) is 16.4. The molecule has 3 aromatic rings. The van der Waals surface area contributed by atoms with E-state index in [1.165, 1.54) is 31.5 Å². The third-order valence-electron chi connectivity index (χ3n) is 4.03. The molecule has 0 fully saturated rings. The standard InChI is InChI=1S/C18H14ClF2N3O4S/c1-28-18-12-6-10(7-16(29(22,26)27)11(12)2-3-23-18)24-17(25)5-9-4-14(20)15(21)8-13(9)19/h2-4,6-8H,5H2,1H3,(H,24,25)(H2,22,26,27). The summed E-state index contributed by atoms with van der Waals surface area (Å²) in [5.74, 6) is -2.78. The summed E-state index contributed by atoms with van der Waals surface area (Å²) in [4.78, 5) is 16.1. The van der Waals surface area contributed by atoms with Crippen molar-refractivity contribution in [3.05, 3.63) is 58.7 Å². The van der Waals surface area contributed by atoms with E-state index in [-0.39, 0.29) is 38.9 Å². The summed E-state index contributed by atoms with van der Waals surface area (Å²) in [5.41, 5.74) is 0.159. The van der Waals surface area contributed by atoms with Gasteiger partial charge in [-0.3, -0.25) is 4.79 Å². The number of anilines is 1. The maximum absolute atomic E-state index is 13.4. The normalized spacial score (nSPS) is 11.5. The fourth-order valence-corrected chi connectivity index (χ4v) is 3.77. The van der Waals surface area contributed by atoms with Gasteiger partial charge in [0, 0.05) is 27.7 Å². The van der Waals surface area contributed by atoms with E-state index < -0.39 is 27.6 Å². The number of pyridine rings is 1. The van der Waals surface area contributed by atoms with Gasteiger partial charge in [0.1, 0.15) is 0 Å². The summed E-state index contributed by atoms with van der Waals surface area (Å²) >= 11 is 5.84. The largest absolute Gasteiger partial charge is 0.481 e. The van der Waals surface area contributed by atoms with E-state index in [0.717, 1.165) is 12.1 Å². The average molecular weight is 442 g/mol. The molecule has 7 nitrogen and oxygen atoms in total. The number of sulfonamides is 1. The molecule has 1 aromatic heterocycles. The van der Waals surface area contributed by atoms with Crippen LogP contribution in [0.15, 0.2) is 41.4 Å². The first-order chi connectivity index (χ1) is 13.6. The van der Waals surface area contributed by atoms with Gasteiger partial charge in [-0.05, 0) is 35.9 Å². The molecular formula is C18H14ClF2N3O4S. The number of carbonyl (C=O) groups excluding carboxylic acids is 1. The van der Waals surface area contributed by atoms with Gasteiger partial charge in [0.05, 0.1) is 18.4 Å². The van der Waals surface area contributed by atoms with Gasteiger partial charge in [-0.25, -0.2) is 27.3 Å². The van der Waals surface area contributed by atoms with Gasteiger partial charge in [0.25, 0.3) is 0 Å². The summed E-state index contributed by atoms with van der Waals surface area (Å²) in [6.45, 7) is 0. The number of ether oxygens (including phenoxy) is 1. The zero-order chi connectivity index (χ0) is 21.3. The number of nitrogens with zero attached hydrogens (tertiary/aromatic N) is 1. The lowest BCUT2D eigenvalue weighted by molar-refractivity contribution is -0.115. The molecule has 0 aliphatic heterocycles. The number of rotatable bonds is 5. The molecule has 29 heavy (non-hydrogen) atoms. The number of carbonyl (C=O) groups is 1. The number of amides is 1. The molecule has 0 bridgehead atoms. The second-order valence-electron chi connectivity index (χ2n) is 6.02. The first-order valence-electron chi connectivity index (χ1n) is 8.03. The predicted molar refractivity (Wildman–Crippen MR) is 103 cm³/mol. The van der Waals surface area contributed by atoms with Crippen molar-refractivity contribution in [2.24, 2.45) is 5.14 Å². The number of benzene rings is 2. The van der Waals surface area contributed by atoms with Gasteiger partial charge in [-0.2, -0.15) is 0 Å². The second kappa shape index (κ2) is 7.90. The Bertz CT molecular complexity index is 1240. The molecule has 152 valence electrons. The highest BCUT2D eigenvalue weighted by molar-refractivity contribution is 7.89. The molecule has 0 saturated heterocycles. The van der Waals surface area contributed by atoms with Crippen LogP contribution in [0.4, 0.5) is 14.5 Å². The van der Waals surface area contributed by atoms with E-state index in [4.69, 9.17) is 21.5 Å². The van der Waals surface area contributed by atoms with Crippen molar-refractivity contribution in [2.75, 3.05) is 12.4 Å². The number of fused-ring (bicyclic) bond motifs is 1. The number of primary sulfonamides is 1. The van der Waals surface area contributed by atoms with E-state index in [2.05, 4.69) is 10.3 Å². The summed E-state index contributed by atoms with van der Waals surface area (Å²) in [6, 6.07) is 5.68. The lowest BCUT2D eigenvalue weighted by atomic mass is 10.1. The number of hydrogen-bond donors (Lipinski definition) is 2. The minimum absolute atomic E-state index is 0.0646. The summed E-state index contributed by atoms with van der Waals surface area (Å²) in [7, 11) is -2.78. The van der Waals surface area contributed by atoms with Crippen molar-refractivity contribution < 1.29 is 26.7 Å². The van der Waals surface area contributed by atoms with E-state index in [1.54, 1.807) is 0 Å². The van der Waals surface area contributed by atoms with Crippen LogP contribution < -0.4 is 15.2 Å². The Morgan fingerprint density at radius 2 is 1.90 bits per heavy atom. The van der Waals surface area contributed by atoms with Gasteiger partial charge in [-0.15, -0.1) is 0 Å². The molecule has 1 heterocycles. The predicted octanol–water partition coefficient (Wildman–Crippen LogP) is 3.00. The third-order valence-corrected chi connectivity index (χ3v) is 5.33. The van der Waals surface area contributed by atoms with Crippen molar-refractivity contribution in [3.63, 3.8) is 0 Å². The van der Waals surface area contributed by atoms with Crippen molar-refractivity contribution in [3.8, 4) is 5.88 Å². The van der Waals surface area contributed by atoms with Crippen LogP contribution in [0.5, 0.6) is 5.88 Å². The summed E-state index contributed by atoms with van der Waals surface area (Å²) in [5, 5.41) is 8.24. The molecule has 0 unspecified atom stereocenters. The number of halogens is 3. The van der Waals surface area contributed by atoms with Crippen LogP contribution in [0.25, 0.3) is 10.8 Å².